The van der Waals surface area contributed by atoms with E-state index in [0.29, 0.717) is 22.8 Å². The quantitative estimate of drug-likeness (QED) is 0.514. The number of alkyl halides is 6. The molecule has 2 heterocycles. The fraction of sp³-hybridized carbons (Fsp3) is 0.250. The van der Waals surface area contributed by atoms with Crippen LogP contribution in [0.1, 0.15) is 5.56 Å². The summed E-state index contributed by atoms with van der Waals surface area (Å²) in [5.41, 5.74) is 3.72. The molecule has 2 aliphatic heterocycles. The number of allylic oxidation sites excluding steroid dienone is 1. The van der Waals surface area contributed by atoms with Gasteiger partial charge in [-0.25, -0.2) is 10.5 Å². The Kier molecular flexibility index (Phi) is 4.64. The van der Waals surface area contributed by atoms with E-state index in [9.17, 15) is 0 Å². The number of nitrogens with zero attached hydrogens (tertiary/aromatic N) is 2. The highest BCUT2D eigenvalue weighted by Gasteiger charge is 2.40. The Morgan fingerprint density at radius 3 is 2.39 bits per heavy atom. The van der Waals surface area contributed by atoms with Crippen molar-refractivity contribution in [3.63, 3.8) is 0 Å². The van der Waals surface area contributed by atoms with Crippen molar-refractivity contribution in [1.29, 1.82) is 0 Å². The zero-order valence-electron chi connectivity index (χ0n) is 11.0. The van der Waals surface area contributed by atoms with Gasteiger partial charge >= 0.3 is 0 Å². The Bertz CT molecular complexity index is 695. The summed E-state index contributed by atoms with van der Waals surface area (Å²) >= 11 is 36.1. The fourth-order valence-corrected chi connectivity index (χ4v) is 2.88. The van der Waals surface area contributed by atoms with E-state index in [4.69, 9.17) is 79.1 Å². The van der Waals surface area contributed by atoms with Gasteiger partial charge in [-0.05, 0) is 18.2 Å². The van der Waals surface area contributed by atoms with Crippen LogP contribution in [0, 0.1) is 0 Å². The topological polar surface area (TPSA) is 46.1 Å². The monoisotopic (exact) mass is 435 g/mol. The van der Waals surface area contributed by atoms with Crippen molar-refractivity contribution >= 4 is 81.5 Å². The maximum atomic E-state index is 6.03. The molecule has 2 aliphatic rings. The summed E-state index contributed by atoms with van der Waals surface area (Å²) in [5, 5.41) is 5.01. The molecule has 0 aliphatic carbocycles. The van der Waals surface area contributed by atoms with Crippen LogP contribution in [0.5, 0.6) is 11.5 Å². The zero-order valence-corrected chi connectivity index (χ0v) is 15.5. The summed E-state index contributed by atoms with van der Waals surface area (Å²) in [4.78, 5) is 0. The fourth-order valence-electron chi connectivity index (χ4n) is 2.10. The first-order chi connectivity index (χ1) is 10.7. The van der Waals surface area contributed by atoms with Gasteiger partial charge in [-0.15, -0.1) is 0 Å². The lowest BCUT2D eigenvalue weighted by Crippen LogP contribution is -2.45. The predicted molar refractivity (Wildman–Crippen MR) is 93.5 cm³/mol. The van der Waals surface area contributed by atoms with E-state index in [0.717, 1.165) is 5.01 Å². The minimum Gasteiger partial charge on any atom is -0.454 e. The Morgan fingerprint density at radius 2 is 1.74 bits per heavy atom. The van der Waals surface area contributed by atoms with E-state index in [1.54, 1.807) is 18.2 Å². The Balaban J connectivity index is 2.19. The number of hydrogen-bond acceptors (Lipinski definition) is 5. The average Bonchev–Trinajstić information content (AvgIpc) is 2.92. The summed E-state index contributed by atoms with van der Waals surface area (Å²) in [6.45, 7) is 0.128. The molecule has 0 spiro atoms. The third-order valence-electron chi connectivity index (χ3n) is 3.04. The van der Waals surface area contributed by atoms with Crippen molar-refractivity contribution in [2.24, 2.45) is 5.10 Å². The molecule has 0 amide bonds. The van der Waals surface area contributed by atoms with Gasteiger partial charge in [0.15, 0.2) is 11.5 Å². The van der Waals surface area contributed by atoms with Gasteiger partial charge in [0.05, 0.1) is 11.9 Å². The molecular formula is C12H7Cl6N3O2. The molecule has 0 aromatic heterocycles. The number of fused-ring (bicyclic) bond motifs is 1. The molecule has 0 radical (unpaired) electrons. The Hall–Kier alpha value is -0.430. The summed E-state index contributed by atoms with van der Waals surface area (Å²) < 4.78 is 6.96. The van der Waals surface area contributed by atoms with Gasteiger partial charge in [0.1, 0.15) is 0 Å². The van der Waals surface area contributed by atoms with Crippen molar-refractivity contribution in [2.75, 3.05) is 6.79 Å². The van der Waals surface area contributed by atoms with E-state index in [1.165, 1.54) is 6.21 Å². The van der Waals surface area contributed by atoms with Gasteiger partial charge < -0.3 is 9.47 Å². The summed E-state index contributed by atoms with van der Waals surface area (Å²) in [5.74, 6) is 1.13. The molecular weight excluding hydrogens is 431 g/mol. The van der Waals surface area contributed by atoms with E-state index in [1.807, 2.05) is 0 Å². The molecule has 0 atom stereocenters. The van der Waals surface area contributed by atoms with E-state index in [-0.39, 0.29) is 12.4 Å². The molecule has 5 nitrogen and oxygen atoms in total. The van der Waals surface area contributed by atoms with Gasteiger partial charge in [0.2, 0.25) is 10.6 Å². The van der Waals surface area contributed by atoms with Gasteiger partial charge in [-0.3, -0.25) is 0 Å². The highest BCUT2D eigenvalue weighted by atomic mass is 35.6. The number of hydrogen-bond donors (Lipinski definition) is 1. The molecule has 3 rings (SSSR count). The molecule has 23 heavy (non-hydrogen) atoms. The molecule has 0 saturated carbocycles. The number of benzene rings is 1. The molecule has 0 unspecified atom stereocenters. The smallest absolute Gasteiger partial charge is 0.286 e. The number of ether oxygens (including phenoxy) is 2. The van der Waals surface area contributed by atoms with Crippen LogP contribution in [0.2, 0.25) is 0 Å². The highest BCUT2D eigenvalue weighted by molar-refractivity contribution is 6.71. The lowest BCUT2D eigenvalue weighted by molar-refractivity contribution is 0.174. The van der Waals surface area contributed by atoms with E-state index >= 15 is 0 Å². The lowest BCUT2D eigenvalue weighted by atomic mass is 10.1. The van der Waals surface area contributed by atoms with Crippen LogP contribution in [-0.2, 0) is 0 Å². The second kappa shape index (κ2) is 6.14. The number of halogens is 6. The van der Waals surface area contributed by atoms with Crippen molar-refractivity contribution in [2.45, 2.75) is 7.71 Å². The van der Waals surface area contributed by atoms with Crippen LogP contribution < -0.4 is 15.0 Å². The molecule has 1 aromatic rings. The standard InChI is InChI=1S/C12H7Cl6N3O2/c13-11(14,15)7-4-19-20-21(12(16,17)18)10(7)6-1-2-8-9(3-6)23-5-22-8/h1-4,20H,5H2. The van der Waals surface area contributed by atoms with Gasteiger partial charge in [-0.1, -0.05) is 69.6 Å². The molecule has 0 bridgehead atoms. The minimum absolute atomic E-state index is 0.128. The van der Waals surface area contributed by atoms with Crippen LogP contribution in [-0.4, -0.2) is 25.7 Å². The molecule has 0 fully saturated rings. The number of hydrazine groups is 1. The first-order valence-corrected chi connectivity index (χ1v) is 8.32. The predicted octanol–water partition coefficient (Wildman–Crippen LogP) is 4.63. The van der Waals surface area contributed by atoms with E-state index < -0.39 is 7.71 Å². The molecule has 1 aromatic carbocycles. The van der Waals surface area contributed by atoms with Crippen LogP contribution in [0.15, 0.2) is 28.9 Å². The van der Waals surface area contributed by atoms with Crippen molar-refractivity contribution < 1.29 is 9.47 Å². The van der Waals surface area contributed by atoms with E-state index in [2.05, 4.69) is 10.6 Å². The normalized spacial score (nSPS) is 17.6. The maximum Gasteiger partial charge on any atom is 0.286 e. The van der Waals surface area contributed by atoms with Crippen LogP contribution in [0.25, 0.3) is 5.70 Å². The number of rotatable bonds is 1. The first kappa shape index (κ1) is 17.4. The van der Waals surface area contributed by atoms with Crippen molar-refractivity contribution in [3.8, 4) is 11.5 Å². The summed E-state index contributed by atoms with van der Waals surface area (Å²) in [6.07, 6.45) is 1.35. The van der Waals surface area contributed by atoms with Gasteiger partial charge in [0.25, 0.3) is 3.92 Å². The molecule has 124 valence electrons. The minimum atomic E-state index is -1.88. The average molecular weight is 438 g/mol. The Morgan fingerprint density at radius 1 is 1.04 bits per heavy atom. The maximum absolute atomic E-state index is 6.03. The van der Waals surface area contributed by atoms with Crippen molar-refractivity contribution in [1.82, 2.24) is 10.5 Å². The molecule has 0 saturated heterocycles. The zero-order chi connectivity index (χ0) is 16.8. The SMILES string of the molecule is ClC(Cl)(Cl)C1=C(c2ccc3c(c2)OCO3)N(C(Cl)(Cl)Cl)NN=C1. The molecule has 1 N–H and O–H groups in total. The van der Waals surface area contributed by atoms with Crippen LogP contribution >= 0.6 is 69.6 Å². The summed E-state index contributed by atoms with van der Waals surface area (Å²) in [7, 11) is 0. The Labute approximate surface area is 161 Å². The largest absolute Gasteiger partial charge is 0.454 e. The van der Waals surface area contributed by atoms with Crippen molar-refractivity contribution in [3.05, 3.63) is 29.3 Å². The van der Waals surface area contributed by atoms with Crippen LogP contribution in [0.4, 0.5) is 0 Å². The third kappa shape index (κ3) is 3.50. The first-order valence-electron chi connectivity index (χ1n) is 6.05. The van der Waals surface area contributed by atoms with Gasteiger partial charge in [-0.2, -0.15) is 5.10 Å². The third-order valence-corrected chi connectivity index (χ3v) is 4.15. The second-order valence-electron chi connectivity index (χ2n) is 4.49. The lowest BCUT2D eigenvalue weighted by Gasteiger charge is -2.36. The summed E-state index contributed by atoms with van der Waals surface area (Å²) in [6, 6.07) is 5.13. The highest BCUT2D eigenvalue weighted by Crippen LogP contribution is 2.46. The number of nitrogens with one attached hydrogen (secondary N) is 1. The molecule has 11 heteroatoms. The van der Waals surface area contributed by atoms with Crippen LogP contribution in [0.3, 0.4) is 0 Å². The second-order valence-corrected chi connectivity index (χ2v) is 8.99. The number of hydrazone groups is 1. The van der Waals surface area contributed by atoms with Gasteiger partial charge in [0, 0.05) is 11.1 Å².